The Morgan fingerprint density at radius 3 is 2.84 bits per heavy atom. The summed E-state index contributed by atoms with van der Waals surface area (Å²) in [7, 11) is 0. The van der Waals surface area contributed by atoms with Crippen LogP contribution >= 0.6 is 22.6 Å². The van der Waals surface area contributed by atoms with E-state index in [0.717, 1.165) is 0 Å². The van der Waals surface area contributed by atoms with Gasteiger partial charge in [0, 0.05) is 23.2 Å². The van der Waals surface area contributed by atoms with Crippen LogP contribution in [0.1, 0.15) is 10.4 Å². The number of carbonyl (C=O) groups is 2. The van der Waals surface area contributed by atoms with Crippen molar-refractivity contribution in [3.8, 4) is 0 Å². The number of hydrogen-bond donors (Lipinski definition) is 2. The smallest absolute Gasteiger partial charge is 0.255 e. The number of hydrogen-bond acceptors (Lipinski definition) is 3. The minimum atomic E-state index is -0.665. The number of piperazine rings is 1. The minimum Gasteiger partial charge on any atom is -0.368 e. The van der Waals surface area contributed by atoms with Crippen molar-refractivity contribution in [1.82, 2.24) is 10.2 Å². The Kier molecular flexibility index (Phi) is 4.35. The zero-order chi connectivity index (χ0) is 14.0. The van der Waals surface area contributed by atoms with Crippen LogP contribution in [0.3, 0.4) is 0 Å². The van der Waals surface area contributed by atoms with Gasteiger partial charge in [-0.2, -0.15) is 0 Å². The van der Waals surface area contributed by atoms with Crippen LogP contribution in [-0.4, -0.2) is 42.4 Å². The SMILES string of the molecule is NC(=O)C1CNCCN1C(=O)c1ccc(F)cc1I. The molecule has 1 atom stereocenters. The van der Waals surface area contributed by atoms with Crippen molar-refractivity contribution in [2.45, 2.75) is 6.04 Å². The van der Waals surface area contributed by atoms with Gasteiger partial charge in [-0.25, -0.2) is 4.39 Å². The monoisotopic (exact) mass is 377 g/mol. The van der Waals surface area contributed by atoms with Crippen molar-refractivity contribution in [3.05, 3.63) is 33.1 Å². The average Bonchev–Trinajstić information content (AvgIpc) is 2.38. The Hall–Kier alpha value is -1.22. The predicted molar refractivity (Wildman–Crippen MR) is 76.0 cm³/mol. The van der Waals surface area contributed by atoms with Gasteiger partial charge in [-0.1, -0.05) is 0 Å². The summed E-state index contributed by atoms with van der Waals surface area (Å²) in [4.78, 5) is 25.2. The summed E-state index contributed by atoms with van der Waals surface area (Å²) in [6.07, 6.45) is 0. The molecule has 7 heteroatoms. The second-order valence-corrected chi connectivity index (χ2v) is 5.41. The number of carbonyl (C=O) groups excluding carboxylic acids is 2. The molecule has 1 aromatic carbocycles. The number of rotatable bonds is 2. The highest BCUT2D eigenvalue weighted by Crippen LogP contribution is 2.18. The Balaban J connectivity index is 2.28. The lowest BCUT2D eigenvalue weighted by molar-refractivity contribution is -0.122. The lowest BCUT2D eigenvalue weighted by Gasteiger charge is -2.34. The topological polar surface area (TPSA) is 75.4 Å². The van der Waals surface area contributed by atoms with E-state index in [9.17, 15) is 14.0 Å². The number of nitrogens with two attached hydrogens (primary N) is 1. The highest BCUT2D eigenvalue weighted by atomic mass is 127. The summed E-state index contributed by atoms with van der Waals surface area (Å²) in [6.45, 7) is 1.35. The molecule has 1 fully saturated rings. The van der Waals surface area contributed by atoms with E-state index in [0.29, 0.717) is 28.8 Å². The molecule has 1 heterocycles. The van der Waals surface area contributed by atoms with Gasteiger partial charge in [0.25, 0.3) is 5.91 Å². The Bertz CT molecular complexity index is 524. The van der Waals surface area contributed by atoms with Gasteiger partial charge in [-0.05, 0) is 40.8 Å². The largest absolute Gasteiger partial charge is 0.368 e. The van der Waals surface area contributed by atoms with Crippen LogP contribution in [0.4, 0.5) is 4.39 Å². The molecule has 1 unspecified atom stereocenters. The summed E-state index contributed by atoms with van der Waals surface area (Å²) in [5.41, 5.74) is 5.69. The number of halogens is 2. The molecular formula is C12H13FIN3O2. The summed E-state index contributed by atoms with van der Waals surface area (Å²) in [6, 6.07) is 3.29. The summed E-state index contributed by atoms with van der Waals surface area (Å²) < 4.78 is 13.6. The fourth-order valence-corrected chi connectivity index (χ4v) is 2.73. The van der Waals surface area contributed by atoms with Gasteiger partial charge in [0.05, 0.1) is 5.56 Å². The first-order valence-electron chi connectivity index (χ1n) is 5.76. The van der Waals surface area contributed by atoms with E-state index < -0.39 is 17.8 Å². The van der Waals surface area contributed by atoms with E-state index in [1.54, 1.807) is 0 Å². The van der Waals surface area contributed by atoms with Gasteiger partial charge in [-0.3, -0.25) is 9.59 Å². The van der Waals surface area contributed by atoms with Gasteiger partial charge in [0.2, 0.25) is 5.91 Å². The fourth-order valence-electron chi connectivity index (χ4n) is 2.02. The lowest BCUT2D eigenvalue weighted by Crippen LogP contribution is -2.58. The second kappa shape index (κ2) is 5.83. The van der Waals surface area contributed by atoms with E-state index in [2.05, 4.69) is 5.32 Å². The van der Waals surface area contributed by atoms with E-state index in [1.165, 1.54) is 23.1 Å². The van der Waals surface area contributed by atoms with Crippen LogP contribution in [0.5, 0.6) is 0 Å². The Morgan fingerprint density at radius 1 is 1.47 bits per heavy atom. The third-order valence-electron chi connectivity index (χ3n) is 2.99. The van der Waals surface area contributed by atoms with Crippen LogP contribution in [0.25, 0.3) is 0 Å². The standard InChI is InChI=1S/C12H13FIN3O2/c13-7-1-2-8(9(14)5-7)12(19)17-4-3-16-6-10(17)11(15)18/h1-2,5,10,16H,3-4,6H2,(H2,15,18). The molecule has 0 bridgehead atoms. The molecule has 1 aliphatic heterocycles. The Labute approximate surface area is 123 Å². The maximum Gasteiger partial charge on any atom is 0.255 e. The number of nitrogens with zero attached hydrogens (tertiary/aromatic N) is 1. The second-order valence-electron chi connectivity index (χ2n) is 4.25. The van der Waals surface area contributed by atoms with Gasteiger partial charge in [0.15, 0.2) is 0 Å². The molecule has 1 saturated heterocycles. The zero-order valence-corrected chi connectivity index (χ0v) is 12.2. The van der Waals surface area contributed by atoms with Crippen LogP contribution in [0.2, 0.25) is 0 Å². The van der Waals surface area contributed by atoms with Crippen molar-refractivity contribution in [3.63, 3.8) is 0 Å². The highest BCUT2D eigenvalue weighted by Gasteiger charge is 2.31. The number of primary amides is 1. The van der Waals surface area contributed by atoms with Gasteiger partial charge in [-0.15, -0.1) is 0 Å². The van der Waals surface area contributed by atoms with E-state index in [4.69, 9.17) is 5.73 Å². The minimum absolute atomic E-state index is 0.297. The van der Waals surface area contributed by atoms with E-state index in [-0.39, 0.29) is 5.91 Å². The quantitative estimate of drug-likeness (QED) is 0.730. The molecule has 19 heavy (non-hydrogen) atoms. The first kappa shape index (κ1) is 14.2. The van der Waals surface area contributed by atoms with Crippen molar-refractivity contribution in [1.29, 1.82) is 0 Å². The number of amides is 2. The molecule has 1 aliphatic rings. The van der Waals surface area contributed by atoms with E-state index >= 15 is 0 Å². The molecule has 2 amide bonds. The molecule has 0 spiro atoms. The third-order valence-corrected chi connectivity index (χ3v) is 3.89. The molecule has 5 nitrogen and oxygen atoms in total. The maximum atomic E-state index is 13.0. The molecule has 0 aliphatic carbocycles. The van der Waals surface area contributed by atoms with Crippen molar-refractivity contribution in [2.75, 3.05) is 19.6 Å². The highest BCUT2D eigenvalue weighted by molar-refractivity contribution is 14.1. The van der Waals surface area contributed by atoms with Gasteiger partial charge in [0.1, 0.15) is 11.9 Å². The predicted octanol–water partition coefficient (Wildman–Crippen LogP) is 0.330. The average molecular weight is 377 g/mol. The first-order chi connectivity index (χ1) is 9.00. The molecule has 3 N–H and O–H groups in total. The van der Waals surface area contributed by atoms with Crippen molar-refractivity contribution >= 4 is 34.4 Å². The molecular weight excluding hydrogens is 364 g/mol. The number of benzene rings is 1. The van der Waals surface area contributed by atoms with Crippen LogP contribution in [0, 0.1) is 9.39 Å². The van der Waals surface area contributed by atoms with Crippen molar-refractivity contribution < 1.29 is 14.0 Å². The first-order valence-corrected chi connectivity index (χ1v) is 6.84. The molecule has 1 aromatic rings. The Morgan fingerprint density at radius 2 is 2.21 bits per heavy atom. The summed E-state index contributed by atoms with van der Waals surface area (Å²) >= 11 is 1.90. The van der Waals surface area contributed by atoms with Gasteiger partial charge < -0.3 is 16.0 Å². The molecule has 2 rings (SSSR count). The van der Waals surface area contributed by atoms with Crippen LogP contribution in [0.15, 0.2) is 18.2 Å². The third kappa shape index (κ3) is 3.03. The zero-order valence-electron chi connectivity index (χ0n) is 10.0. The van der Waals surface area contributed by atoms with Crippen LogP contribution in [-0.2, 0) is 4.79 Å². The lowest BCUT2D eigenvalue weighted by atomic mass is 10.1. The molecule has 102 valence electrons. The van der Waals surface area contributed by atoms with E-state index in [1.807, 2.05) is 22.6 Å². The molecule has 0 aromatic heterocycles. The van der Waals surface area contributed by atoms with Crippen molar-refractivity contribution in [2.24, 2.45) is 5.73 Å². The summed E-state index contributed by atoms with van der Waals surface area (Å²) in [5, 5.41) is 3.02. The summed E-state index contributed by atoms with van der Waals surface area (Å²) in [5.74, 6) is -1.24. The van der Waals surface area contributed by atoms with Crippen LogP contribution < -0.4 is 11.1 Å². The fraction of sp³-hybridized carbons (Fsp3) is 0.333. The molecule has 0 radical (unpaired) electrons. The molecule has 0 saturated carbocycles. The number of nitrogens with one attached hydrogen (secondary N) is 1. The normalized spacial score (nSPS) is 19.3. The van der Waals surface area contributed by atoms with Gasteiger partial charge >= 0.3 is 0 Å². The maximum absolute atomic E-state index is 13.0.